The molecule has 0 amide bonds. The van der Waals surface area contributed by atoms with Gasteiger partial charge in [0.25, 0.3) is 0 Å². The van der Waals surface area contributed by atoms with Crippen LogP contribution in [0.2, 0.25) is 0 Å². The number of aromatic nitrogens is 2. The Bertz CT molecular complexity index is 850. The van der Waals surface area contributed by atoms with E-state index in [9.17, 15) is 5.11 Å². The second-order valence-electron chi connectivity index (χ2n) is 6.43. The molecule has 5 nitrogen and oxygen atoms in total. The van der Waals surface area contributed by atoms with Crippen LogP contribution in [0.3, 0.4) is 0 Å². The predicted octanol–water partition coefficient (Wildman–Crippen LogP) is 3.09. The lowest BCUT2D eigenvalue weighted by Crippen LogP contribution is -2.23. The van der Waals surface area contributed by atoms with E-state index in [-0.39, 0.29) is 6.61 Å². The number of hydrogen-bond acceptors (Lipinski definition) is 4. The summed E-state index contributed by atoms with van der Waals surface area (Å²) in [6, 6.07) is 10.3. The van der Waals surface area contributed by atoms with Gasteiger partial charge in [-0.15, -0.1) is 0 Å². The van der Waals surface area contributed by atoms with E-state index in [2.05, 4.69) is 29.1 Å². The molecular formula is C19H23N3O2. The summed E-state index contributed by atoms with van der Waals surface area (Å²) in [7, 11) is 0. The third kappa shape index (κ3) is 2.74. The molecule has 126 valence electrons. The summed E-state index contributed by atoms with van der Waals surface area (Å²) in [5.74, 6) is 1.09. The van der Waals surface area contributed by atoms with Crippen molar-refractivity contribution in [1.29, 1.82) is 0 Å². The van der Waals surface area contributed by atoms with Gasteiger partial charge in [0.15, 0.2) is 0 Å². The zero-order valence-electron chi connectivity index (χ0n) is 14.0. The van der Waals surface area contributed by atoms with E-state index in [1.165, 1.54) is 16.6 Å². The van der Waals surface area contributed by atoms with E-state index in [0.29, 0.717) is 0 Å². The molecule has 0 atom stereocenters. The van der Waals surface area contributed by atoms with E-state index >= 15 is 0 Å². The van der Waals surface area contributed by atoms with Crippen molar-refractivity contribution < 1.29 is 9.52 Å². The molecule has 0 aliphatic carbocycles. The molecule has 0 fully saturated rings. The Kier molecular flexibility index (Phi) is 4.12. The number of hydrogen-bond donors (Lipinski definition) is 1. The molecule has 24 heavy (non-hydrogen) atoms. The van der Waals surface area contributed by atoms with Gasteiger partial charge in [-0.2, -0.15) is 5.10 Å². The topological polar surface area (TPSA) is 54.4 Å². The minimum Gasteiger partial charge on any atom is -0.461 e. The van der Waals surface area contributed by atoms with Gasteiger partial charge in [-0.05, 0) is 18.6 Å². The van der Waals surface area contributed by atoms with Crippen molar-refractivity contribution in [3.05, 3.63) is 53.0 Å². The Morgan fingerprint density at radius 2 is 2.12 bits per heavy atom. The van der Waals surface area contributed by atoms with Crippen molar-refractivity contribution in [2.45, 2.75) is 46.0 Å². The SMILES string of the molecule is CCc1oc2ccccc2c1CN1CCCn2nc(CO)cc2C1. The fraction of sp³-hybridized carbons (Fsp3) is 0.421. The van der Waals surface area contributed by atoms with Crippen molar-refractivity contribution in [2.75, 3.05) is 6.54 Å². The van der Waals surface area contributed by atoms with Crippen molar-refractivity contribution in [1.82, 2.24) is 14.7 Å². The summed E-state index contributed by atoms with van der Waals surface area (Å²) in [6.45, 7) is 5.85. The largest absolute Gasteiger partial charge is 0.461 e. The molecule has 2 aromatic heterocycles. The molecule has 0 unspecified atom stereocenters. The van der Waals surface area contributed by atoms with Crippen molar-refractivity contribution in [3.63, 3.8) is 0 Å². The lowest BCUT2D eigenvalue weighted by molar-refractivity contribution is 0.258. The number of rotatable bonds is 4. The zero-order valence-corrected chi connectivity index (χ0v) is 14.0. The summed E-state index contributed by atoms with van der Waals surface area (Å²) in [4.78, 5) is 2.46. The number of aliphatic hydroxyl groups is 1. The maximum absolute atomic E-state index is 9.32. The number of fused-ring (bicyclic) bond motifs is 2. The number of benzene rings is 1. The maximum Gasteiger partial charge on any atom is 0.134 e. The molecule has 1 aliphatic rings. The summed E-state index contributed by atoms with van der Waals surface area (Å²) in [5.41, 5.74) is 4.23. The normalized spacial score (nSPS) is 15.6. The van der Waals surface area contributed by atoms with Crippen LogP contribution in [0.5, 0.6) is 0 Å². The van der Waals surface area contributed by atoms with Crippen LogP contribution in [0.1, 0.15) is 36.1 Å². The highest BCUT2D eigenvalue weighted by Gasteiger charge is 2.20. The first-order valence-electron chi connectivity index (χ1n) is 8.66. The van der Waals surface area contributed by atoms with Crippen molar-refractivity contribution in [3.8, 4) is 0 Å². The van der Waals surface area contributed by atoms with E-state index in [1.807, 2.05) is 22.9 Å². The predicted molar refractivity (Wildman–Crippen MR) is 92.5 cm³/mol. The number of nitrogens with zero attached hydrogens (tertiary/aromatic N) is 3. The van der Waals surface area contributed by atoms with Gasteiger partial charge in [0.1, 0.15) is 11.3 Å². The maximum atomic E-state index is 9.32. The average Bonchev–Trinajstić information content (AvgIpc) is 3.10. The van der Waals surface area contributed by atoms with E-state index in [4.69, 9.17) is 4.42 Å². The fourth-order valence-electron chi connectivity index (χ4n) is 3.63. The van der Waals surface area contributed by atoms with Gasteiger partial charge in [0.05, 0.1) is 18.0 Å². The average molecular weight is 325 g/mol. The summed E-state index contributed by atoms with van der Waals surface area (Å²) in [5, 5.41) is 15.0. The van der Waals surface area contributed by atoms with Crippen molar-refractivity contribution >= 4 is 11.0 Å². The summed E-state index contributed by atoms with van der Waals surface area (Å²) < 4.78 is 8.08. The Hall–Kier alpha value is -2.11. The highest BCUT2D eigenvalue weighted by atomic mass is 16.3. The van der Waals surface area contributed by atoms with Crippen LogP contribution in [0.4, 0.5) is 0 Å². The second kappa shape index (κ2) is 6.42. The van der Waals surface area contributed by atoms with Crippen LogP contribution in [-0.2, 0) is 32.7 Å². The Morgan fingerprint density at radius 3 is 2.96 bits per heavy atom. The Balaban J connectivity index is 1.63. The third-order valence-electron chi connectivity index (χ3n) is 4.79. The van der Waals surface area contributed by atoms with Crippen LogP contribution in [0, 0.1) is 0 Å². The molecule has 3 heterocycles. The van der Waals surface area contributed by atoms with E-state index in [1.54, 1.807) is 0 Å². The number of aryl methyl sites for hydroxylation is 2. The van der Waals surface area contributed by atoms with E-state index in [0.717, 1.165) is 56.1 Å². The molecule has 0 spiro atoms. The zero-order chi connectivity index (χ0) is 16.5. The minimum atomic E-state index is 0.00630. The third-order valence-corrected chi connectivity index (χ3v) is 4.79. The van der Waals surface area contributed by atoms with Crippen LogP contribution in [0.25, 0.3) is 11.0 Å². The highest BCUT2D eigenvalue weighted by Crippen LogP contribution is 2.28. The monoisotopic (exact) mass is 325 g/mol. The van der Waals surface area contributed by atoms with Gasteiger partial charge in [0.2, 0.25) is 0 Å². The lowest BCUT2D eigenvalue weighted by Gasteiger charge is -2.19. The molecular weight excluding hydrogens is 302 g/mol. The Morgan fingerprint density at radius 1 is 1.25 bits per heavy atom. The molecule has 5 heteroatoms. The van der Waals surface area contributed by atoms with E-state index < -0.39 is 0 Å². The smallest absolute Gasteiger partial charge is 0.134 e. The second-order valence-corrected chi connectivity index (χ2v) is 6.43. The van der Waals surface area contributed by atoms with Gasteiger partial charge in [0, 0.05) is 43.5 Å². The molecule has 1 aromatic carbocycles. The van der Waals surface area contributed by atoms with Gasteiger partial charge in [-0.25, -0.2) is 0 Å². The van der Waals surface area contributed by atoms with Gasteiger partial charge < -0.3 is 9.52 Å². The quantitative estimate of drug-likeness (QED) is 0.801. The lowest BCUT2D eigenvalue weighted by atomic mass is 10.1. The number of aliphatic hydroxyl groups excluding tert-OH is 1. The van der Waals surface area contributed by atoms with Crippen LogP contribution in [0.15, 0.2) is 34.7 Å². The molecule has 0 saturated carbocycles. The first-order chi connectivity index (χ1) is 11.8. The Labute approximate surface area is 141 Å². The first kappa shape index (κ1) is 15.4. The van der Waals surface area contributed by atoms with Crippen LogP contribution < -0.4 is 0 Å². The fourth-order valence-corrected chi connectivity index (χ4v) is 3.63. The molecule has 0 radical (unpaired) electrons. The molecule has 0 bridgehead atoms. The standard InChI is InChI=1S/C19H23N3O2/c1-2-18-17(16-6-3-4-7-19(16)24-18)12-21-8-5-9-22-15(11-21)10-14(13-23)20-22/h3-4,6-7,10,23H,2,5,8-9,11-13H2,1H3. The summed E-state index contributed by atoms with van der Waals surface area (Å²) in [6.07, 6.45) is 1.97. The van der Waals surface area contributed by atoms with Crippen molar-refractivity contribution in [2.24, 2.45) is 0 Å². The first-order valence-corrected chi connectivity index (χ1v) is 8.66. The van der Waals surface area contributed by atoms with Gasteiger partial charge in [-0.3, -0.25) is 9.58 Å². The molecule has 3 aromatic rings. The van der Waals surface area contributed by atoms with Crippen LogP contribution in [-0.4, -0.2) is 26.3 Å². The molecule has 4 rings (SSSR count). The van der Waals surface area contributed by atoms with Gasteiger partial charge >= 0.3 is 0 Å². The minimum absolute atomic E-state index is 0.00630. The molecule has 1 aliphatic heterocycles. The van der Waals surface area contributed by atoms with Gasteiger partial charge in [-0.1, -0.05) is 25.1 Å². The summed E-state index contributed by atoms with van der Waals surface area (Å²) >= 11 is 0. The molecule has 0 saturated heterocycles. The number of para-hydroxylation sites is 1. The number of furan rings is 1. The van der Waals surface area contributed by atoms with Crippen LogP contribution >= 0.6 is 0 Å². The molecule has 1 N–H and O–H groups in total. The highest BCUT2D eigenvalue weighted by molar-refractivity contribution is 5.82.